The third-order valence-electron chi connectivity index (χ3n) is 4.48. The second kappa shape index (κ2) is 8.78. The summed E-state index contributed by atoms with van der Waals surface area (Å²) in [6, 6.07) is 5.78. The largest absolute Gasteiger partial charge is 0.356 e. The number of anilines is 1. The van der Waals surface area contributed by atoms with Crippen LogP contribution >= 0.6 is 0 Å². The number of benzene rings is 1. The van der Waals surface area contributed by atoms with E-state index in [1.165, 1.54) is 12.1 Å². The Morgan fingerprint density at radius 2 is 1.96 bits per heavy atom. The molecule has 5 nitrogen and oxygen atoms in total. The molecule has 2 amide bonds. The second-order valence-electron chi connectivity index (χ2n) is 6.05. The summed E-state index contributed by atoms with van der Waals surface area (Å²) in [4.78, 5) is 28.2. The summed E-state index contributed by atoms with van der Waals surface area (Å²) in [5, 5.41) is 2.93. The first-order chi connectivity index (χ1) is 11.5. The van der Waals surface area contributed by atoms with Crippen LogP contribution in [0, 0.1) is 11.7 Å². The van der Waals surface area contributed by atoms with Crippen molar-refractivity contribution >= 4 is 17.5 Å². The molecule has 1 aromatic rings. The lowest BCUT2D eigenvalue weighted by molar-refractivity contribution is -0.126. The van der Waals surface area contributed by atoms with Crippen molar-refractivity contribution in [2.75, 3.05) is 37.6 Å². The summed E-state index contributed by atoms with van der Waals surface area (Å²) in [7, 11) is 0. The molecular formula is C18H26FN3O2. The van der Waals surface area contributed by atoms with Gasteiger partial charge in [-0.3, -0.25) is 9.59 Å². The maximum absolute atomic E-state index is 13.0. The standard InChI is InChI=1S/C18H26FN3O2/c1-3-21(4-2)11-5-10-20-18(24)14-12-17(23)22(13-14)16-8-6-15(19)7-9-16/h6-9,14H,3-5,10-13H2,1-2H3,(H,20,24)/t14-/m1/s1. The van der Waals surface area contributed by atoms with Crippen molar-refractivity contribution in [3.63, 3.8) is 0 Å². The number of hydrogen-bond acceptors (Lipinski definition) is 3. The Kier molecular flexibility index (Phi) is 6.73. The van der Waals surface area contributed by atoms with E-state index in [0.717, 1.165) is 26.1 Å². The van der Waals surface area contributed by atoms with Crippen molar-refractivity contribution in [2.45, 2.75) is 26.7 Å². The zero-order valence-electron chi connectivity index (χ0n) is 14.4. The molecule has 132 valence electrons. The summed E-state index contributed by atoms with van der Waals surface area (Å²) in [6.07, 6.45) is 1.11. The third kappa shape index (κ3) is 4.77. The molecule has 0 aromatic heterocycles. The van der Waals surface area contributed by atoms with Crippen molar-refractivity contribution in [1.82, 2.24) is 10.2 Å². The summed E-state index contributed by atoms with van der Waals surface area (Å²) in [5.41, 5.74) is 0.637. The van der Waals surface area contributed by atoms with E-state index in [9.17, 15) is 14.0 Å². The van der Waals surface area contributed by atoms with Gasteiger partial charge in [-0.25, -0.2) is 4.39 Å². The highest BCUT2D eigenvalue weighted by atomic mass is 19.1. The Labute approximate surface area is 142 Å². The number of nitrogens with one attached hydrogen (secondary N) is 1. The van der Waals surface area contributed by atoms with E-state index < -0.39 is 0 Å². The van der Waals surface area contributed by atoms with Gasteiger partial charge in [0.2, 0.25) is 11.8 Å². The fourth-order valence-corrected chi connectivity index (χ4v) is 2.95. The first kappa shape index (κ1) is 18.4. The monoisotopic (exact) mass is 335 g/mol. The molecule has 0 spiro atoms. The van der Waals surface area contributed by atoms with E-state index in [1.807, 2.05) is 0 Å². The van der Waals surface area contributed by atoms with E-state index in [1.54, 1.807) is 17.0 Å². The lowest BCUT2D eigenvalue weighted by Crippen LogP contribution is -2.35. The molecule has 0 aliphatic carbocycles. The minimum Gasteiger partial charge on any atom is -0.356 e. The van der Waals surface area contributed by atoms with Gasteiger partial charge in [0.25, 0.3) is 0 Å². The van der Waals surface area contributed by atoms with Gasteiger partial charge in [0.05, 0.1) is 5.92 Å². The molecule has 1 fully saturated rings. The lowest BCUT2D eigenvalue weighted by Gasteiger charge is -2.18. The van der Waals surface area contributed by atoms with Crippen molar-refractivity contribution < 1.29 is 14.0 Å². The predicted octanol–water partition coefficient (Wildman–Crippen LogP) is 2.03. The molecule has 0 bridgehead atoms. The van der Waals surface area contributed by atoms with Crippen LogP contribution < -0.4 is 10.2 Å². The molecular weight excluding hydrogens is 309 g/mol. The minimum absolute atomic E-state index is 0.0764. The molecule has 1 aliphatic heterocycles. The fraction of sp³-hybridized carbons (Fsp3) is 0.556. The number of nitrogens with zero attached hydrogens (tertiary/aromatic N) is 2. The van der Waals surface area contributed by atoms with E-state index in [2.05, 4.69) is 24.1 Å². The molecule has 0 radical (unpaired) electrons. The molecule has 1 heterocycles. The van der Waals surface area contributed by atoms with Gasteiger partial charge in [0.15, 0.2) is 0 Å². The highest BCUT2D eigenvalue weighted by Crippen LogP contribution is 2.25. The second-order valence-corrected chi connectivity index (χ2v) is 6.05. The van der Waals surface area contributed by atoms with Crippen LogP contribution in [-0.4, -0.2) is 49.4 Å². The van der Waals surface area contributed by atoms with E-state index in [4.69, 9.17) is 0 Å². The van der Waals surface area contributed by atoms with Crippen LogP contribution in [0.5, 0.6) is 0 Å². The Morgan fingerprint density at radius 1 is 1.29 bits per heavy atom. The first-order valence-electron chi connectivity index (χ1n) is 8.61. The molecule has 1 saturated heterocycles. The van der Waals surface area contributed by atoms with Gasteiger partial charge in [-0.05, 0) is 50.3 Å². The molecule has 24 heavy (non-hydrogen) atoms. The molecule has 1 aromatic carbocycles. The quantitative estimate of drug-likeness (QED) is 0.740. The average molecular weight is 335 g/mol. The summed E-state index contributed by atoms with van der Waals surface area (Å²) in [5.74, 6) is -0.846. The summed E-state index contributed by atoms with van der Waals surface area (Å²) in [6.45, 7) is 8.19. The summed E-state index contributed by atoms with van der Waals surface area (Å²) < 4.78 is 13.0. The number of carbonyl (C=O) groups excluding carboxylic acids is 2. The van der Waals surface area contributed by atoms with Gasteiger partial charge in [0, 0.05) is 25.2 Å². The molecule has 1 atom stereocenters. The topological polar surface area (TPSA) is 52.7 Å². The van der Waals surface area contributed by atoms with Gasteiger partial charge in [-0.15, -0.1) is 0 Å². The van der Waals surface area contributed by atoms with Crippen LogP contribution in [0.15, 0.2) is 24.3 Å². The molecule has 6 heteroatoms. The minimum atomic E-state index is -0.340. The molecule has 0 saturated carbocycles. The fourth-order valence-electron chi connectivity index (χ4n) is 2.95. The highest BCUT2D eigenvalue weighted by Gasteiger charge is 2.34. The third-order valence-corrected chi connectivity index (χ3v) is 4.48. The SMILES string of the molecule is CCN(CC)CCCNC(=O)[C@@H]1CC(=O)N(c2ccc(F)cc2)C1. The summed E-state index contributed by atoms with van der Waals surface area (Å²) >= 11 is 0. The van der Waals surface area contributed by atoms with Gasteiger partial charge in [0.1, 0.15) is 5.82 Å². The zero-order chi connectivity index (χ0) is 17.5. The number of halogens is 1. The van der Waals surface area contributed by atoms with Gasteiger partial charge >= 0.3 is 0 Å². The van der Waals surface area contributed by atoms with Crippen LogP contribution in [0.4, 0.5) is 10.1 Å². The maximum atomic E-state index is 13.0. The number of carbonyl (C=O) groups is 2. The number of amides is 2. The van der Waals surface area contributed by atoms with Gasteiger partial charge in [-0.1, -0.05) is 13.8 Å². The van der Waals surface area contributed by atoms with Crippen molar-refractivity contribution in [3.05, 3.63) is 30.1 Å². The molecule has 1 N–H and O–H groups in total. The number of hydrogen-bond donors (Lipinski definition) is 1. The first-order valence-corrected chi connectivity index (χ1v) is 8.61. The smallest absolute Gasteiger partial charge is 0.227 e. The Hall–Kier alpha value is -1.95. The van der Waals surface area contributed by atoms with Crippen LogP contribution in [0.25, 0.3) is 0 Å². The van der Waals surface area contributed by atoms with Crippen LogP contribution in [0.3, 0.4) is 0 Å². The van der Waals surface area contributed by atoms with E-state index >= 15 is 0 Å². The van der Waals surface area contributed by atoms with Crippen LogP contribution in [0.2, 0.25) is 0 Å². The normalized spacial score (nSPS) is 17.6. The van der Waals surface area contributed by atoms with Crippen molar-refractivity contribution in [2.24, 2.45) is 5.92 Å². The van der Waals surface area contributed by atoms with Gasteiger partial charge in [-0.2, -0.15) is 0 Å². The van der Waals surface area contributed by atoms with E-state index in [-0.39, 0.29) is 30.0 Å². The van der Waals surface area contributed by atoms with Crippen LogP contribution in [-0.2, 0) is 9.59 Å². The highest BCUT2D eigenvalue weighted by molar-refractivity contribution is 6.00. The molecule has 0 unspecified atom stereocenters. The average Bonchev–Trinajstić information content (AvgIpc) is 2.97. The van der Waals surface area contributed by atoms with Crippen molar-refractivity contribution in [1.29, 1.82) is 0 Å². The Bertz CT molecular complexity index is 558. The predicted molar refractivity (Wildman–Crippen MR) is 92.3 cm³/mol. The molecule has 2 rings (SSSR count). The zero-order valence-corrected chi connectivity index (χ0v) is 14.4. The molecule has 1 aliphatic rings. The Morgan fingerprint density at radius 3 is 2.58 bits per heavy atom. The van der Waals surface area contributed by atoms with Crippen LogP contribution in [0.1, 0.15) is 26.7 Å². The maximum Gasteiger partial charge on any atom is 0.227 e. The van der Waals surface area contributed by atoms with Crippen molar-refractivity contribution in [3.8, 4) is 0 Å². The Balaban J connectivity index is 1.80. The van der Waals surface area contributed by atoms with E-state index in [0.29, 0.717) is 18.8 Å². The lowest BCUT2D eigenvalue weighted by atomic mass is 10.1. The van der Waals surface area contributed by atoms with Gasteiger partial charge < -0.3 is 15.1 Å². The number of rotatable bonds is 8.